The number of hydrogen-bond donors (Lipinski definition) is 3. The van der Waals surface area contributed by atoms with Gasteiger partial charge >= 0.3 is 6.18 Å². The molecule has 0 radical (unpaired) electrons. The van der Waals surface area contributed by atoms with Gasteiger partial charge in [-0.1, -0.05) is 23.7 Å². The highest BCUT2D eigenvalue weighted by atomic mass is 35.5. The fourth-order valence-corrected chi connectivity index (χ4v) is 3.07. The average Bonchev–Trinajstić information content (AvgIpc) is 3.09. The van der Waals surface area contributed by atoms with Crippen LogP contribution in [0.4, 0.5) is 13.2 Å². The molecule has 1 fully saturated rings. The summed E-state index contributed by atoms with van der Waals surface area (Å²) < 4.78 is 31.5. The smallest absolute Gasteiger partial charge is 0.430 e. The van der Waals surface area contributed by atoms with Crippen LogP contribution in [0.15, 0.2) is 42.0 Å². The van der Waals surface area contributed by atoms with Gasteiger partial charge in [0.1, 0.15) is 23.5 Å². The first kappa shape index (κ1) is 22.6. The number of hydrogen-bond acceptors (Lipinski definition) is 4. The van der Waals surface area contributed by atoms with Crippen molar-refractivity contribution in [2.24, 2.45) is 0 Å². The van der Waals surface area contributed by atoms with Crippen LogP contribution in [0, 0.1) is 6.92 Å². The molecular formula is C20H19ClF3NO4. The van der Waals surface area contributed by atoms with Crippen molar-refractivity contribution in [2.75, 3.05) is 6.54 Å². The molecule has 3 rings (SSSR count). The summed E-state index contributed by atoms with van der Waals surface area (Å²) in [5.74, 6) is -2.69. The maximum absolute atomic E-state index is 10.5. The second-order valence-corrected chi connectivity index (χ2v) is 6.89. The lowest BCUT2D eigenvalue weighted by molar-refractivity contribution is -0.671. The fraction of sp³-hybridized carbons (Fsp3) is 0.250. The average molecular weight is 430 g/mol. The molecule has 2 aromatic rings. The van der Waals surface area contributed by atoms with E-state index in [1.165, 1.54) is 5.57 Å². The lowest BCUT2D eigenvalue weighted by Gasteiger charge is -2.14. The highest BCUT2D eigenvalue weighted by molar-refractivity contribution is 6.30. The molecule has 2 aromatic carbocycles. The fourth-order valence-electron chi connectivity index (χ4n) is 2.95. The van der Waals surface area contributed by atoms with Gasteiger partial charge in [0.05, 0.1) is 12.1 Å². The second kappa shape index (κ2) is 9.19. The highest BCUT2D eigenvalue weighted by Gasteiger charge is 2.30. The molecule has 0 spiro atoms. The SMILES string of the molecule is Cc1c(O)ccc(C2[NH2+]CC/C2=C\c2ccc(Cl)cc2)c1O.O=C([O-])C(F)(F)F. The van der Waals surface area contributed by atoms with Gasteiger partial charge in [0.15, 0.2) is 0 Å². The summed E-state index contributed by atoms with van der Waals surface area (Å²) in [5, 5.41) is 31.8. The third-order valence-electron chi connectivity index (χ3n) is 4.46. The molecule has 1 aliphatic heterocycles. The van der Waals surface area contributed by atoms with Crippen molar-refractivity contribution in [1.82, 2.24) is 0 Å². The number of nitrogens with two attached hydrogens (primary N) is 1. The van der Waals surface area contributed by atoms with Crippen molar-refractivity contribution in [3.8, 4) is 11.5 Å². The van der Waals surface area contributed by atoms with E-state index in [-0.39, 0.29) is 17.5 Å². The molecule has 0 aromatic heterocycles. The molecule has 1 aliphatic rings. The Labute approximate surface area is 170 Å². The van der Waals surface area contributed by atoms with Gasteiger partial charge < -0.3 is 25.4 Å². The van der Waals surface area contributed by atoms with E-state index in [1.54, 1.807) is 19.1 Å². The van der Waals surface area contributed by atoms with Crippen LogP contribution in [0.3, 0.4) is 0 Å². The van der Waals surface area contributed by atoms with Crippen molar-refractivity contribution in [3.63, 3.8) is 0 Å². The first-order chi connectivity index (χ1) is 13.5. The Hall–Kier alpha value is -2.71. The molecule has 1 unspecified atom stereocenters. The highest BCUT2D eigenvalue weighted by Crippen LogP contribution is 2.36. The van der Waals surface area contributed by atoms with Crippen LogP contribution in [-0.2, 0) is 4.79 Å². The number of aromatic hydroxyl groups is 2. The predicted octanol–water partition coefficient (Wildman–Crippen LogP) is 2.45. The molecule has 1 heterocycles. The number of rotatable bonds is 2. The summed E-state index contributed by atoms with van der Waals surface area (Å²) in [5.41, 5.74) is 3.76. The van der Waals surface area contributed by atoms with Crippen LogP contribution in [0.25, 0.3) is 6.08 Å². The summed E-state index contributed by atoms with van der Waals surface area (Å²) >= 11 is 5.92. The van der Waals surface area contributed by atoms with Gasteiger partial charge in [0.2, 0.25) is 0 Å². The van der Waals surface area contributed by atoms with Gasteiger partial charge in [-0.15, -0.1) is 0 Å². The molecule has 1 atom stereocenters. The lowest BCUT2D eigenvalue weighted by Crippen LogP contribution is -2.82. The molecule has 0 aliphatic carbocycles. The van der Waals surface area contributed by atoms with E-state index in [2.05, 4.69) is 11.4 Å². The van der Waals surface area contributed by atoms with Crippen molar-refractivity contribution in [2.45, 2.75) is 25.6 Å². The number of carbonyl (C=O) groups is 1. The largest absolute Gasteiger partial charge is 0.542 e. The van der Waals surface area contributed by atoms with Gasteiger partial charge in [-0.3, -0.25) is 0 Å². The number of alkyl halides is 3. The van der Waals surface area contributed by atoms with E-state index >= 15 is 0 Å². The molecular weight excluding hydrogens is 411 g/mol. The number of halogens is 4. The molecule has 29 heavy (non-hydrogen) atoms. The predicted molar refractivity (Wildman–Crippen MR) is 99.2 cm³/mol. The third kappa shape index (κ3) is 5.88. The number of phenols is 2. The van der Waals surface area contributed by atoms with Crippen LogP contribution in [0.1, 0.15) is 29.2 Å². The number of carboxylic acids is 1. The van der Waals surface area contributed by atoms with Crippen LogP contribution in [-0.4, -0.2) is 28.9 Å². The summed E-state index contributed by atoms with van der Waals surface area (Å²) in [4.78, 5) is 8.78. The number of phenolic OH excluding ortho intramolecular Hbond substituents is 2. The van der Waals surface area contributed by atoms with Gasteiger partial charge in [-0.2, -0.15) is 13.2 Å². The van der Waals surface area contributed by atoms with Crippen molar-refractivity contribution in [1.29, 1.82) is 0 Å². The van der Waals surface area contributed by atoms with Crippen molar-refractivity contribution in [3.05, 3.63) is 63.7 Å². The Morgan fingerprint density at radius 3 is 2.34 bits per heavy atom. The van der Waals surface area contributed by atoms with E-state index in [1.807, 2.05) is 24.3 Å². The molecule has 5 nitrogen and oxygen atoms in total. The van der Waals surface area contributed by atoms with Gasteiger partial charge in [0, 0.05) is 17.0 Å². The monoisotopic (exact) mass is 429 g/mol. The maximum Gasteiger partial charge on any atom is 0.430 e. The summed E-state index contributed by atoms with van der Waals surface area (Å²) in [6.07, 6.45) is -2.06. The Balaban J connectivity index is 0.000000370. The Morgan fingerprint density at radius 1 is 1.21 bits per heavy atom. The zero-order chi connectivity index (χ0) is 21.8. The maximum atomic E-state index is 10.5. The Kier molecular flexibility index (Phi) is 7.16. The van der Waals surface area contributed by atoms with Crippen LogP contribution in [0.5, 0.6) is 11.5 Å². The van der Waals surface area contributed by atoms with E-state index in [9.17, 15) is 23.4 Å². The van der Waals surface area contributed by atoms with Crippen LogP contribution >= 0.6 is 11.6 Å². The zero-order valence-corrected chi connectivity index (χ0v) is 16.1. The lowest BCUT2D eigenvalue weighted by atomic mass is 9.95. The first-order valence-electron chi connectivity index (χ1n) is 8.59. The minimum atomic E-state index is -5.19. The topological polar surface area (TPSA) is 97.2 Å². The molecule has 0 amide bonds. The standard InChI is InChI=1S/C18H18ClNO2.C2HF3O2/c1-11-16(21)7-6-15(18(11)22)17-13(8-9-20-17)10-12-2-4-14(19)5-3-12;3-2(4,5)1(6)7/h2-7,10,17,20-22H,8-9H2,1H3;(H,6,7)/b13-10+;. The van der Waals surface area contributed by atoms with Crippen molar-refractivity contribution < 1.29 is 38.6 Å². The number of quaternary nitrogens is 1. The number of benzene rings is 2. The summed E-state index contributed by atoms with van der Waals surface area (Å²) in [6, 6.07) is 11.3. The minimum absolute atomic E-state index is 0.0926. The van der Waals surface area contributed by atoms with Crippen LogP contribution in [0.2, 0.25) is 5.02 Å². The van der Waals surface area contributed by atoms with E-state index < -0.39 is 12.1 Å². The quantitative estimate of drug-likeness (QED) is 0.683. The van der Waals surface area contributed by atoms with E-state index in [4.69, 9.17) is 21.5 Å². The van der Waals surface area contributed by atoms with Gasteiger partial charge in [-0.25, -0.2) is 0 Å². The number of carbonyl (C=O) groups excluding carboxylic acids is 1. The van der Waals surface area contributed by atoms with E-state index in [0.717, 1.165) is 29.1 Å². The molecule has 4 N–H and O–H groups in total. The van der Waals surface area contributed by atoms with Crippen LogP contribution < -0.4 is 10.4 Å². The molecule has 9 heteroatoms. The second-order valence-electron chi connectivity index (χ2n) is 6.46. The number of aliphatic carboxylic acids is 1. The molecule has 1 saturated heterocycles. The first-order valence-corrected chi connectivity index (χ1v) is 8.97. The number of carboxylic acid groups (broad SMARTS) is 1. The normalized spacial score (nSPS) is 17.7. The summed E-state index contributed by atoms with van der Waals surface area (Å²) in [7, 11) is 0. The molecule has 0 saturated carbocycles. The summed E-state index contributed by atoms with van der Waals surface area (Å²) in [6.45, 7) is 2.72. The molecule has 156 valence electrons. The third-order valence-corrected chi connectivity index (χ3v) is 4.71. The Bertz CT molecular complexity index is 911. The molecule has 0 bridgehead atoms. The van der Waals surface area contributed by atoms with E-state index in [0.29, 0.717) is 5.56 Å². The van der Waals surface area contributed by atoms with Gasteiger partial charge in [0.25, 0.3) is 0 Å². The minimum Gasteiger partial charge on any atom is -0.542 e. The zero-order valence-electron chi connectivity index (χ0n) is 15.3. The van der Waals surface area contributed by atoms with Crippen molar-refractivity contribution >= 4 is 23.6 Å². The Morgan fingerprint density at radius 2 is 1.79 bits per heavy atom. The van der Waals surface area contributed by atoms with Gasteiger partial charge in [-0.05, 0) is 48.4 Å².